The fourth-order valence-corrected chi connectivity index (χ4v) is 3.61. The number of fused-ring (bicyclic) bond motifs is 1. The molecule has 3 amide bonds. The lowest BCUT2D eigenvalue weighted by Gasteiger charge is -2.10. The van der Waals surface area contributed by atoms with Gasteiger partial charge in [0.15, 0.2) is 0 Å². The van der Waals surface area contributed by atoms with Gasteiger partial charge in [0.05, 0.1) is 6.42 Å². The maximum Gasteiger partial charge on any atom is 0.333 e. The van der Waals surface area contributed by atoms with E-state index in [1.54, 1.807) is 0 Å². The van der Waals surface area contributed by atoms with Crippen LogP contribution in [0.1, 0.15) is 29.0 Å². The second-order valence-corrected chi connectivity index (χ2v) is 7.31. The Balaban J connectivity index is 1.24. The second kappa shape index (κ2) is 7.72. The zero-order valence-corrected chi connectivity index (χ0v) is 15.7. The fraction of sp³-hybridized carbons (Fsp3) is 0.217. The van der Waals surface area contributed by atoms with Crippen LogP contribution in [0.2, 0.25) is 0 Å². The Morgan fingerprint density at radius 1 is 0.929 bits per heavy atom. The van der Waals surface area contributed by atoms with E-state index in [1.165, 1.54) is 11.1 Å². The van der Waals surface area contributed by atoms with Gasteiger partial charge in [-0.15, -0.1) is 0 Å². The highest BCUT2D eigenvalue weighted by atomic mass is 16.2. The molecule has 142 valence electrons. The number of rotatable bonds is 4. The third-order valence-corrected chi connectivity index (χ3v) is 5.19. The summed E-state index contributed by atoms with van der Waals surface area (Å²) in [7, 11) is 0. The van der Waals surface area contributed by atoms with E-state index in [9.17, 15) is 9.59 Å². The summed E-state index contributed by atoms with van der Waals surface area (Å²) >= 11 is 0. The highest BCUT2D eigenvalue weighted by Crippen LogP contribution is 2.41. The summed E-state index contributed by atoms with van der Waals surface area (Å²) in [6, 6.07) is 21.9. The summed E-state index contributed by atoms with van der Waals surface area (Å²) in [4.78, 5) is 24.2. The van der Waals surface area contributed by atoms with Gasteiger partial charge >= 0.3 is 6.03 Å². The Hall–Kier alpha value is -3.34. The average molecular weight is 373 g/mol. The van der Waals surface area contributed by atoms with Crippen molar-refractivity contribution in [2.24, 2.45) is 0 Å². The Morgan fingerprint density at radius 2 is 1.68 bits per heavy atom. The van der Waals surface area contributed by atoms with Gasteiger partial charge in [-0.05, 0) is 40.8 Å². The van der Waals surface area contributed by atoms with Crippen LogP contribution in [0.15, 0.2) is 66.7 Å². The summed E-state index contributed by atoms with van der Waals surface area (Å²) in [6.07, 6.45) is 1.13. The standard InChI is InChI=1S/C23H23N3O2/c1-15-6-2-5-9-19(15)20-14-21(20)24-23(28)26-25-22(27)13-16-10-11-17-7-3-4-8-18(17)12-16/h2-12,20-21H,13-14H2,1H3,(H,25,27)(H2,24,26,28)/t20-,21+/m0/s1. The summed E-state index contributed by atoms with van der Waals surface area (Å²) in [5.74, 6) is 0.0944. The summed E-state index contributed by atoms with van der Waals surface area (Å²) in [5, 5.41) is 5.14. The van der Waals surface area contributed by atoms with Gasteiger partial charge in [0, 0.05) is 12.0 Å². The predicted molar refractivity (Wildman–Crippen MR) is 110 cm³/mol. The highest BCUT2D eigenvalue weighted by molar-refractivity contribution is 5.86. The van der Waals surface area contributed by atoms with Gasteiger partial charge in [0.1, 0.15) is 0 Å². The van der Waals surface area contributed by atoms with Crippen LogP contribution in [0.4, 0.5) is 4.79 Å². The van der Waals surface area contributed by atoms with Gasteiger partial charge in [-0.1, -0.05) is 66.7 Å². The molecule has 0 heterocycles. The average Bonchev–Trinajstić information content (AvgIpc) is 3.45. The molecule has 0 radical (unpaired) electrons. The first kappa shape index (κ1) is 18.0. The SMILES string of the molecule is Cc1ccccc1[C@@H]1C[C@H]1NC(=O)NNC(=O)Cc1ccc2ccccc2c1. The van der Waals surface area contributed by atoms with Crippen LogP contribution in [0.25, 0.3) is 10.8 Å². The molecule has 1 saturated carbocycles. The number of urea groups is 1. The first-order valence-electron chi connectivity index (χ1n) is 9.49. The van der Waals surface area contributed by atoms with Crippen molar-refractivity contribution >= 4 is 22.7 Å². The van der Waals surface area contributed by atoms with Crippen molar-refractivity contribution in [3.63, 3.8) is 0 Å². The molecule has 4 rings (SSSR count). The Morgan fingerprint density at radius 3 is 2.50 bits per heavy atom. The van der Waals surface area contributed by atoms with Crippen LogP contribution in [-0.2, 0) is 11.2 Å². The smallest absolute Gasteiger partial charge is 0.333 e. The molecule has 1 aliphatic rings. The number of nitrogens with one attached hydrogen (secondary N) is 3. The van der Waals surface area contributed by atoms with E-state index >= 15 is 0 Å². The monoisotopic (exact) mass is 373 g/mol. The van der Waals surface area contributed by atoms with Crippen LogP contribution in [0, 0.1) is 6.92 Å². The largest absolute Gasteiger partial charge is 0.333 e. The summed E-state index contributed by atoms with van der Waals surface area (Å²) < 4.78 is 0. The first-order chi connectivity index (χ1) is 13.6. The lowest BCUT2D eigenvalue weighted by molar-refractivity contribution is -0.121. The van der Waals surface area contributed by atoms with Crippen LogP contribution in [0.5, 0.6) is 0 Å². The topological polar surface area (TPSA) is 70.2 Å². The molecular weight excluding hydrogens is 350 g/mol. The van der Waals surface area contributed by atoms with Gasteiger partial charge in [0.25, 0.3) is 0 Å². The minimum absolute atomic E-state index is 0.110. The normalized spacial score (nSPS) is 17.8. The van der Waals surface area contributed by atoms with Crippen LogP contribution in [0.3, 0.4) is 0 Å². The van der Waals surface area contributed by atoms with Crippen molar-refractivity contribution in [2.45, 2.75) is 31.7 Å². The molecule has 0 aromatic heterocycles. The van der Waals surface area contributed by atoms with Gasteiger partial charge in [-0.2, -0.15) is 0 Å². The summed E-state index contributed by atoms with van der Waals surface area (Å²) in [5.41, 5.74) is 8.34. The van der Waals surface area contributed by atoms with E-state index < -0.39 is 0 Å². The number of hydrogen-bond acceptors (Lipinski definition) is 2. The molecule has 0 bridgehead atoms. The lowest BCUT2D eigenvalue weighted by atomic mass is 10.0. The second-order valence-electron chi connectivity index (χ2n) is 7.31. The van der Waals surface area contributed by atoms with Gasteiger partial charge in [-0.25, -0.2) is 10.2 Å². The van der Waals surface area contributed by atoms with Gasteiger partial charge < -0.3 is 5.32 Å². The Kier molecular flexibility index (Phi) is 4.98. The molecule has 3 N–H and O–H groups in total. The fourth-order valence-electron chi connectivity index (χ4n) is 3.61. The van der Waals surface area contributed by atoms with E-state index in [2.05, 4.69) is 35.2 Å². The molecule has 1 aliphatic carbocycles. The zero-order valence-electron chi connectivity index (χ0n) is 15.7. The lowest BCUT2D eigenvalue weighted by Crippen LogP contribution is -2.48. The molecule has 5 nitrogen and oxygen atoms in total. The van der Waals surface area contributed by atoms with Crippen LogP contribution >= 0.6 is 0 Å². The van der Waals surface area contributed by atoms with Crippen molar-refractivity contribution in [1.82, 2.24) is 16.2 Å². The molecule has 28 heavy (non-hydrogen) atoms. The van der Waals surface area contributed by atoms with Crippen molar-refractivity contribution < 1.29 is 9.59 Å². The number of aryl methyl sites for hydroxylation is 1. The maximum atomic E-state index is 12.1. The van der Waals surface area contributed by atoms with E-state index in [1.807, 2.05) is 54.6 Å². The molecule has 0 saturated heterocycles. The van der Waals surface area contributed by atoms with E-state index in [4.69, 9.17) is 0 Å². The molecule has 1 fully saturated rings. The van der Waals surface area contributed by atoms with Crippen molar-refractivity contribution in [2.75, 3.05) is 0 Å². The van der Waals surface area contributed by atoms with Crippen molar-refractivity contribution in [3.05, 3.63) is 83.4 Å². The molecule has 2 atom stereocenters. The van der Waals surface area contributed by atoms with E-state index in [-0.39, 0.29) is 24.4 Å². The van der Waals surface area contributed by atoms with Crippen molar-refractivity contribution in [1.29, 1.82) is 0 Å². The van der Waals surface area contributed by atoms with Crippen LogP contribution in [-0.4, -0.2) is 18.0 Å². The van der Waals surface area contributed by atoms with E-state index in [0.29, 0.717) is 5.92 Å². The third-order valence-electron chi connectivity index (χ3n) is 5.19. The molecule has 3 aromatic carbocycles. The minimum atomic E-state index is -0.382. The number of carbonyl (C=O) groups is 2. The molecule has 0 unspecified atom stereocenters. The molecule has 0 aliphatic heterocycles. The number of hydrazine groups is 1. The quantitative estimate of drug-likeness (QED) is 0.612. The minimum Gasteiger partial charge on any atom is -0.333 e. The van der Waals surface area contributed by atoms with Crippen LogP contribution < -0.4 is 16.2 Å². The van der Waals surface area contributed by atoms with E-state index in [0.717, 1.165) is 22.8 Å². The van der Waals surface area contributed by atoms with Gasteiger partial charge in [0.2, 0.25) is 5.91 Å². The molecule has 0 spiro atoms. The first-order valence-corrected chi connectivity index (χ1v) is 9.49. The Bertz CT molecular complexity index is 1030. The number of hydrogen-bond donors (Lipinski definition) is 3. The molecule has 5 heteroatoms. The van der Waals surface area contributed by atoms with Gasteiger partial charge in [-0.3, -0.25) is 10.2 Å². The summed E-state index contributed by atoms with van der Waals surface area (Å²) in [6.45, 7) is 2.08. The third kappa shape index (κ3) is 4.14. The number of carbonyl (C=O) groups excluding carboxylic acids is 2. The maximum absolute atomic E-state index is 12.1. The predicted octanol–water partition coefficient (Wildman–Crippen LogP) is 3.58. The molecular formula is C23H23N3O2. The molecule has 3 aromatic rings. The number of amides is 3. The van der Waals surface area contributed by atoms with Crippen molar-refractivity contribution in [3.8, 4) is 0 Å². The zero-order chi connectivity index (χ0) is 19.5. The number of benzene rings is 3. The Labute approximate surface area is 164 Å². The highest BCUT2D eigenvalue weighted by Gasteiger charge is 2.40.